The van der Waals surface area contributed by atoms with E-state index in [0.29, 0.717) is 6.61 Å². The number of H-pyrrole nitrogens is 1. The van der Waals surface area contributed by atoms with Crippen LogP contribution in [-0.4, -0.2) is 76.4 Å². The van der Waals surface area contributed by atoms with Gasteiger partial charge in [0.15, 0.2) is 33.3 Å². The summed E-state index contributed by atoms with van der Waals surface area (Å²) in [6, 6.07) is 8.31. The van der Waals surface area contributed by atoms with Crippen LogP contribution in [0.5, 0.6) is 5.75 Å². The number of hydrogen-bond donors (Lipinski definition) is 1. The maximum absolute atomic E-state index is 7.66. The first-order chi connectivity index (χ1) is 22.3. The van der Waals surface area contributed by atoms with Crippen molar-refractivity contribution in [3.63, 3.8) is 0 Å². The van der Waals surface area contributed by atoms with E-state index >= 15 is 0 Å². The molecule has 2 aromatic rings. The molecular weight excluding hydrogens is 691 g/mol. The third-order valence-electron chi connectivity index (χ3n) is 12.9. The van der Waals surface area contributed by atoms with Crippen LogP contribution in [-0.2, 0) is 22.4 Å². The number of fused-ring (bicyclic) bond motifs is 1. The van der Waals surface area contributed by atoms with Crippen molar-refractivity contribution < 1.29 is 27.2 Å². The van der Waals surface area contributed by atoms with Crippen molar-refractivity contribution in [2.24, 2.45) is 0 Å². The summed E-state index contributed by atoms with van der Waals surface area (Å²) in [4.78, 5) is 3.73. The molecule has 1 fully saturated rings. The number of hydrogen-bond acceptors (Lipinski definition) is 6. The molecule has 0 saturated carbocycles. The van der Waals surface area contributed by atoms with Gasteiger partial charge in [-0.2, -0.15) is 0 Å². The summed E-state index contributed by atoms with van der Waals surface area (Å²) in [5, 5.41) is 1.01. The molecule has 0 aliphatic carbocycles. The zero-order valence-corrected chi connectivity index (χ0v) is 39.9. The summed E-state index contributed by atoms with van der Waals surface area (Å²) >= 11 is 0. The molecule has 7 nitrogen and oxygen atoms in total. The van der Waals surface area contributed by atoms with Gasteiger partial charge in [0.2, 0.25) is 0 Å². The molecule has 0 unspecified atom stereocenters. The molecule has 5 atom stereocenters. The van der Waals surface area contributed by atoms with Crippen LogP contribution in [0.2, 0.25) is 72.5 Å². The lowest BCUT2D eigenvalue weighted by molar-refractivity contribution is -0.219. The second-order valence-corrected chi connectivity index (χ2v) is 39.9. The quantitative estimate of drug-likeness (QED) is 0.230. The van der Waals surface area contributed by atoms with Crippen LogP contribution in [0.1, 0.15) is 94.9 Å². The fraction of sp³-hybridized carbons (Fsp3) is 0.795. The molecule has 1 saturated heterocycles. The zero-order chi connectivity index (χ0) is 38.7. The maximum atomic E-state index is 7.66. The van der Waals surface area contributed by atoms with Gasteiger partial charge >= 0.3 is 0 Å². The van der Waals surface area contributed by atoms with Crippen molar-refractivity contribution in [2.45, 2.75) is 186 Å². The minimum atomic E-state index is -2.36. The Balaban J connectivity index is 2.37. The smallest absolute Gasteiger partial charge is 0.192 e. The monoisotopic (exact) mass is 765 g/mol. The Hall–Kier alpha value is -0.772. The van der Waals surface area contributed by atoms with E-state index in [1.54, 1.807) is 7.11 Å². The van der Waals surface area contributed by atoms with E-state index in [0.717, 1.165) is 22.3 Å². The van der Waals surface area contributed by atoms with Gasteiger partial charge in [-0.05, 0) is 90.7 Å². The Morgan fingerprint density at radius 3 is 1.50 bits per heavy atom. The lowest BCUT2D eigenvalue weighted by atomic mass is 9.93. The van der Waals surface area contributed by atoms with Crippen molar-refractivity contribution in [2.75, 3.05) is 13.7 Å². The molecule has 3 rings (SSSR count). The highest BCUT2D eigenvalue weighted by atomic mass is 28.4. The molecule has 50 heavy (non-hydrogen) atoms. The van der Waals surface area contributed by atoms with E-state index in [2.05, 4.69) is 153 Å². The molecular formula is C39H75NO6Si4. The van der Waals surface area contributed by atoms with Crippen LogP contribution in [0.15, 0.2) is 24.3 Å². The summed E-state index contributed by atoms with van der Waals surface area (Å²) in [5.41, 5.74) is 1.96. The summed E-state index contributed by atoms with van der Waals surface area (Å²) in [6.07, 6.45) is -1.98. The van der Waals surface area contributed by atoms with Gasteiger partial charge in [-0.25, -0.2) is 0 Å². The topological polar surface area (TPSA) is 71.2 Å². The molecule has 0 bridgehead atoms. The van der Waals surface area contributed by atoms with E-state index in [4.69, 9.17) is 27.2 Å². The minimum absolute atomic E-state index is 0.0142. The van der Waals surface area contributed by atoms with E-state index in [1.807, 2.05) is 12.1 Å². The van der Waals surface area contributed by atoms with Gasteiger partial charge in [-0.3, -0.25) is 0 Å². The summed E-state index contributed by atoms with van der Waals surface area (Å²) in [6.45, 7) is 46.7. The van der Waals surface area contributed by atoms with Crippen molar-refractivity contribution in [3.05, 3.63) is 30.0 Å². The summed E-state index contributed by atoms with van der Waals surface area (Å²) < 4.78 is 43.0. The molecule has 288 valence electrons. The molecule has 1 aromatic carbocycles. The first kappa shape index (κ1) is 43.6. The fourth-order valence-corrected chi connectivity index (χ4v) is 10.2. The average molecular weight is 766 g/mol. The lowest BCUT2D eigenvalue weighted by Crippen LogP contribution is -2.66. The Labute approximate surface area is 310 Å². The molecule has 0 radical (unpaired) electrons. The summed E-state index contributed by atoms with van der Waals surface area (Å²) in [7, 11) is -7.47. The lowest BCUT2D eigenvalue weighted by Gasteiger charge is -2.55. The number of aromatic amines is 1. The molecule has 1 aliphatic rings. The van der Waals surface area contributed by atoms with Crippen LogP contribution < -0.4 is 4.74 Å². The van der Waals surface area contributed by atoms with Crippen LogP contribution in [0.3, 0.4) is 0 Å². The average Bonchev–Trinajstić information content (AvgIpc) is 3.35. The second kappa shape index (κ2) is 14.5. The van der Waals surface area contributed by atoms with Gasteiger partial charge in [0.25, 0.3) is 0 Å². The molecule has 1 aliphatic heterocycles. The largest absolute Gasteiger partial charge is 0.496 e. The number of benzene rings is 1. The number of ether oxygens (including phenoxy) is 2. The molecule has 11 heteroatoms. The predicted molar refractivity (Wildman–Crippen MR) is 222 cm³/mol. The Morgan fingerprint density at radius 1 is 0.620 bits per heavy atom. The Morgan fingerprint density at radius 2 is 1.06 bits per heavy atom. The minimum Gasteiger partial charge on any atom is -0.496 e. The van der Waals surface area contributed by atoms with Crippen LogP contribution >= 0.6 is 0 Å². The predicted octanol–water partition coefficient (Wildman–Crippen LogP) is 11.8. The molecule has 2 heterocycles. The van der Waals surface area contributed by atoms with E-state index < -0.39 is 45.5 Å². The van der Waals surface area contributed by atoms with Crippen molar-refractivity contribution in [1.82, 2.24) is 4.98 Å². The number of nitrogens with one attached hydrogen (secondary N) is 1. The number of aromatic nitrogens is 1. The first-order valence-corrected chi connectivity index (χ1v) is 30.4. The van der Waals surface area contributed by atoms with Gasteiger partial charge in [0.1, 0.15) is 36.3 Å². The molecule has 1 aromatic heterocycles. The molecule has 1 N–H and O–H groups in total. The number of rotatable bonds is 11. The fourth-order valence-electron chi connectivity index (χ4n) is 5.24. The SMILES string of the molecule is COc1cccc2[nH]c([C@@H]3O[C@H](CO[Si](C)(C)C(C)(C)C)[C@@H](O[Si](C)(C)C(C)(C)C)[C@H](O[Si](C)(C)C(C)(C)C)[C@H]3O[Si](C)(C)C(C)(C)C)cc12. The zero-order valence-electron chi connectivity index (χ0n) is 35.9. The first-order valence-electron chi connectivity index (χ1n) is 18.7. The molecule has 0 spiro atoms. The van der Waals surface area contributed by atoms with Gasteiger partial charge < -0.3 is 32.2 Å². The normalized spacial score (nSPS) is 23.8. The summed E-state index contributed by atoms with van der Waals surface area (Å²) in [5.74, 6) is 0.827. The van der Waals surface area contributed by atoms with E-state index in [1.165, 1.54) is 0 Å². The van der Waals surface area contributed by atoms with Crippen LogP contribution in [0, 0.1) is 0 Å². The van der Waals surface area contributed by atoms with Crippen molar-refractivity contribution in [3.8, 4) is 5.75 Å². The van der Waals surface area contributed by atoms with Gasteiger partial charge in [-0.15, -0.1) is 0 Å². The van der Waals surface area contributed by atoms with Gasteiger partial charge in [0.05, 0.1) is 13.7 Å². The highest BCUT2D eigenvalue weighted by Crippen LogP contribution is 2.49. The highest BCUT2D eigenvalue weighted by Gasteiger charge is 2.57. The Bertz CT molecular complexity index is 1440. The molecule has 0 amide bonds. The van der Waals surface area contributed by atoms with Crippen molar-refractivity contribution in [1.29, 1.82) is 0 Å². The van der Waals surface area contributed by atoms with E-state index in [9.17, 15) is 0 Å². The highest BCUT2D eigenvalue weighted by molar-refractivity contribution is 6.75. The van der Waals surface area contributed by atoms with Gasteiger partial charge in [-0.1, -0.05) is 89.2 Å². The van der Waals surface area contributed by atoms with Gasteiger partial charge in [0, 0.05) is 16.6 Å². The maximum Gasteiger partial charge on any atom is 0.192 e. The third kappa shape index (κ3) is 9.29. The van der Waals surface area contributed by atoms with E-state index in [-0.39, 0.29) is 38.5 Å². The number of methoxy groups -OCH3 is 1. The van der Waals surface area contributed by atoms with Crippen LogP contribution in [0.25, 0.3) is 10.9 Å². The van der Waals surface area contributed by atoms with Crippen molar-refractivity contribution >= 4 is 44.2 Å². The second-order valence-electron chi connectivity index (χ2n) is 20.8. The Kier molecular flexibility index (Phi) is 12.6. The standard InChI is InChI=1S/C39H75NO6Si4/c1-36(2,3)47(14,15)42-26-31-33(44-48(16,17)37(4,5)6)35(46-50(20,21)39(10,11)12)34(45-49(18,19)38(7,8)9)32(43-31)29-25-27-28(40-29)23-22-24-30(27)41-13/h22-25,31-35,40H,26H2,1-21H3/t31-,32+,33-,34+,35+/m1/s1. The van der Waals surface area contributed by atoms with Crippen LogP contribution in [0.4, 0.5) is 0 Å². The third-order valence-corrected chi connectivity index (χ3v) is 30.9.